The number of nitrogens with zero attached hydrogens (tertiary/aromatic N) is 2. The highest BCUT2D eigenvalue weighted by Crippen LogP contribution is 2.21. The molecule has 130 valence electrons. The average Bonchev–Trinajstić information content (AvgIpc) is 3.14. The maximum absolute atomic E-state index is 12.7. The van der Waals surface area contributed by atoms with Crippen LogP contribution in [0.15, 0.2) is 12.5 Å². The van der Waals surface area contributed by atoms with Crippen molar-refractivity contribution < 1.29 is 9.59 Å². The Morgan fingerprint density at radius 1 is 1.33 bits per heavy atom. The summed E-state index contributed by atoms with van der Waals surface area (Å²) in [5.41, 5.74) is 1.58. The van der Waals surface area contributed by atoms with Crippen LogP contribution in [0.3, 0.4) is 0 Å². The van der Waals surface area contributed by atoms with Gasteiger partial charge in [0.2, 0.25) is 5.91 Å². The highest BCUT2D eigenvalue weighted by Gasteiger charge is 2.24. The monoisotopic (exact) mass is 349 g/mol. The first kappa shape index (κ1) is 18.1. The molecule has 2 heterocycles. The molecule has 0 bridgehead atoms. The summed E-state index contributed by atoms with van der Waals surface area (Å²) in [7, 11) is 1.55. The first-order chi connectivity index (χ1) is 11.4. The number of carbonyl (C=O) groups is 2. The highest BCUT2D eigenvalue weighted by molar-refractivity contribution is 7.13. The van der Waals surface area contributed by atoms with Gasteiger partial charge in [-0.25, -0.2) is 9.97 Å². The number of rotatable bonds is 7. The van der Waals surface area contributed by atoms with Crippen molar-refractivity contribution in [3.05, 3.63) is 33.8 Å². The van der Waals surface area contributed by atoms with Crippen molar-refractivity contribution >= 4 is 23.2 Å². The molecule has 0 saturated heterocycles. The summed E-state index contributed by atoms with van der Waals surface area (Å²) in [5.74, 6) is -0.105. The number of imidazole rings is 1. The summed E-state index contributed by atoms with van der Waals surface area (Å²) in [6.45, 7) is 6.05. The predicted octanol–water partition coefficient (Wildman–Crippen LogP) is 1.46. The van der Waals surface area contributed by atoms with Gasteiger partial charge in [-0.05, 0) is 19.3 Å². The second-order valence-corrected chi connectivity index (χ2v) is 7.23. The summed E-state index contributed by atoms with van der Waals surface area (Å²) in [4.78, 5) is 36.7. The number of aryl methyl sites for hydroxylation is 1. The Labute approximate surface area is 145 Å². The molecule has 0 saturated carbocycles. The van der Waals surface area contributed by atoms with Crippen molar-refractivity contribution in [3.63, 3.8) is 0 Å². The first-order valence-corrected chi connectivity index (χ1v) is 8.68. The van der Waals surface area contributed by atoms with Gasteiger partial charge in [-0.1, -0.05) is 13.8 Å². The van der Waals surface area contributed by atoms with Crippen LogP contribution in [0, 0.1) is 12.8 Å². The lowest BCUT2D eigenvalue weighted by atomic mass is 10.1. The summed E-state index contributed by atoms with van der Waals surface area (Å²) in [5, 5.41) is 6.26. The SMILES string of the molecule is CNC(=O)[C@H](Cc1cnc[nH]1)NC(=O)c1sc(C)nc1CC(C)C. The lowest BCUT2D eigenvalue weighted by molar-refractivity contribution is -0.122. The third-order valence-electron chi connectivity index (χ3n) is 3.46. The van der Waals surface area contributed by atoms with E-state index in [0.717, 1.165) is 22.8 Å². The number of hydrogen-bond acceptors (Lipinski definition) is 5. The molecule has 0 aliphatic rings. The van der Waals surface area contributed by atoms with Gasteiger partial charge in [0.05, 0.1) is 17.0 Å². The van der Waals surface area contributed by atoms with E-state index in [1.54, 1.807) is 19.6 Å². The number of H-pyrrole nitrogens is 1. The van der Waals surface area contributed by atoms with Gasteiger partial charge in [0.15, 0.2) is 0 Å². The molecule has 24 heavy (non-hydrogen) atoms. The number of aromatic nitrogens is 3. The molecule has 0 spiro atoms. The number of aromatic amines is 1. The van der Waals surface area contributed by atoms with Gasteiger partial charge >= 0.3 is 0 Å². The van der Waals surface area contributed by atoms with E-state index in [0.29, 0.717) is 17.2 Å². The summed E-state index contributed by atoms with van der Waals surface area (Å²) in [6.07, 6.45) is 4.27. The van der Waals surface area contributed by atoms with Crippen LogP contribution in [-0.4, -0.2) is 39.9 Å². The third kappa shape index (κ3) is 4.64. The van der Waals surface area contributed by atoms with Gasteiger partial charge in [0.1, 0.15) is 10.9 Å². The van der Waals surface area contributed by atoms with Crippen LogP contribution in [0.5, 0.6) is 0 Å². The molecule has 0 fully saturated rings. The molecule has 0 radical (unpaired) electrons. The zero-order valence-electron chi connectivity index (χ0n) is 14.3. The zero-order chi connectivity index (χ0) is 17.7. The van der Waals surface area contributed by atoms with Crippen molar-refractivity contribution in [2.45, 2.75) is 39.7 Å². The van der Waals surface area contributed by atoms with Crippen LogP contribution in [0.1, 0.15) is 39.9 Å². The predicted molar refractivity (Wildman–Crippen MR) is 93.0 cm³/mol. The van der Waals surface area contributed by atoms with Crippen LogP contribution in [-0.2, 0) is 17.6 Å². The van der Waals surface area contributed by atoms with Gasteiger partial charge in [-0.2, -0.15) is 0 Å². The molecule has 1 atom stereocenters. The van der Waals surface area contributed by atoms with E-state index in [2.05, 4.69) is 39.4 Å². The Morgan fingerprint density at radius 3 is 2.67 bits per heavy atom. The molecule has 7 nitrogen and oxygen atoms in total. The topological polar surface area (TPSA) is 99.8 Å². The second kappa shape index (κ2) is 8.05. The molecule has 0 aliphatic heterocycles. The Morgan fingerprint density at radius 2 is 2.08 bits per heavy atom. The molecule has 2 amide bonds. The molecule has 2 aromatic heterocycles. The van der Waals surface area contributed by atoms with E-state index in [-0.39, 0.29) is 11.8 Å². The van der Waals surface area contributed by atoms with Crippen molar-refractivity contribution in [1.82, 2.24) is 25.6 Å². The van der Waals surface area contributed by atoms with Crippen LogP contribution in [0.4, 0.5) is 0 Å². The standard InChI is InChI=1S/C16H23N5O2S/c1-9(2)5-12-14(24-10(3)20-12)16(23)21-13(15(22)17-4)6-11-7-18-8-19-11/h7-9,13H,5-6H2,1-4H3,(H,17,22)(H,18,19)(H,21,23)/t13-/m0/s1. The smallest absolute Gasteiger partial charge is 0.263 e. The number of amides is 2. The summed E-state index contributed by atoms with van der Waals surface area (Å²) < 4.78 is 0. The lowest BCUT2D eigenvalue weighted by Gasteiger charge is -2.16. The number of carbonyl (C=O) groups excluding carboxylic acids is 2. The van der Waals surface area contributed by atoms with Gasteiger partial charge in [0, 0.05) is 25.4 Å². The van der Waals surface area contributed by atoms with Crippen LogP contribution >= 0.6 is 11.3 Å². The van der Waals surface area contributed by atoms with Crippen LogP contribution < -0.4 is 10.6 Å². The second-order valence-electron chi connectivity index (χ2n) is 6.03. The molecule has 3 N–H and O–H groups in total. The minimum atomic E-state index is -0.669. The molecule has 0 unspecified atom stereocenters. The molecular weight excluding hydrogens is 326 g/mol. The Bertz CT molecular complexity index is 693. The third-order valence-corrected chi connectivity index (χ3v) is 4.47. The number of likely N-dealkylation sites (N-methyl/N-ethyl adjacent to an activating group) is 1. The number of nitrogens with one attached hydrogen (secondary N) is 3. The number of hydrogen-bond donors (Lipinski definition) is 3. The summed E-state index contributed by atoms with van der Waals surface area (Å²) >= 11 is 1.36. The van der Waals surface area contributed by atoms with E-state index in [1.165, 1.54) is 11.3 Å². The van der Waals surface area contributed by atoms with Crippen LogP contribution in [0.2, 0.25) is 0 Å². The largest absolute Gasteiger partial charge is 0.357 e. The normalized spacial score (nSPS) is 12.2. The fraction of sp³-hybridized carbons (Fsp3) is 0.500. The van der Waals surface area contributed by atoms with E-state index >= 15 is 0 Å². The average molecular weight is 349 g/mol. The minimum absolute atomic E-state index is 0.246. The van der Waals surface area contributed by atoms with E-state index in [9.17, 15) is 9.59 Å². The zero-order valence-corrected chi connectivity index (χ0v) is 15.2. The molecule has 0 aliphatic carbocycles. The van der Waals surface area contributed by atoms with Crippen molar-refractivity contribution in [1.29, 1.82) is 0 Å². The summed E-state index contributed by atoms with van der Waals surface area (Å²) in [6, 6.07) is -0.669. The molecule has 8 heteroatoms. The van der Waals surface area contributed by atoms with Gasteiger partial charge in [-0.3, -0.25) is 9.59 Å². The van der Waals surface area contributed by atoms with E-state index in [4.69, 9.17) is 0 Å². The van der Waals surface area contributed by atoms with Gasteiger partial charge in [-0.15, -0.1) is 11.3 Å². The molecule has 2 aromatic rings. The maximum Gasteiger partial charge on any atom is 0.263 e. The maximum atomic E-state index is 12.7. The Balaban J connectivity index is 2.16. The van der Waals surface area contributed by atoms with E-state index < -0.39 is 6.04 Å². The Kier molecular flexibility index (Phi) is 6.08. The van der Waals surface area contributed by atoms with Crippen molar-refractivity contribution in [3.8, 4) is 0 Å². The van der Waals surface area contributed by atoms with Crippen molar-refractivity contribution in [2.24, 2.45) is 5.92 Å². The first-order valence-electron chi connectivity index (χ1n) is 7.86. The highest BCUT2D eigenvalue weighted by atomic mass is 32.1. The molecular formula is C16H23N5O2S. The minimum Gasteiger partial charge on any atom is -0.357 e. The molecule has 2 rings (SSSR count). The Hall–Kier alpha value is -2.22. The number of thiazole rings is 1. The van der Waals surface area contributed by atoms with Gasteiger partial charge < -0.3 is 15.6 Å². The van der Waals surface area contributed by atoms with Crippen LogP contribution in [0.25, 0.3) is 0 Å². The van der Waals surface area contributed by atoms with Crippen molar-refractivity contribution in [2.75, 3.05) is 7.05 Å². The van der Waals surface area contributed by atoms with Gasteiger partial charge in [0.25, 0.3) is 5.91 Å². The van der Waals surface area contributed by atoms with E-state index in [1.807, 2.05) is 6.92 Å². The fourth-order valence-electron chi connectivity index (χ4n) is 2.40. The quantitative estimate of drug-likeness (QED) is 0.704. The fourth-order valence-corrected chi connectivity index (χ4v) is 3.25. The lowest BCUT2D eigenvalue weighted by Crippen LogP contribution is -2.47. The molecule has 0 aromatic carbocycles.